The number of hydrogen-bond acceptors (Lipinski definition) is 4. The van der Waals surface area contributed by atoms with E-state index in [0.29, 0.717) is 23.1 Å². The van der Waals surface area contributed by atoms with Crippen molar-refractivity contribution in [3.05, 3.63) is 22.8 Å². The van der Waals surface area contributed by atoms with Gasteiger partial charge in [0.05, 0.1) is 17.7 Å². The topological polar surface area (TPSA) is 51.6 Å². The van der Waals surface area contributed by atoms with Gasteiger partial charge in [-0.2, -0.15) is 0 Å². The molecule has 0 saturated carbocycles. The Labute approximate surface area is 106 Å². The van der Waals surface area contributed by atoms with Gasteiger partial charge in [0.15, 0.2) is 0 Å². The Kier molecular flexibility index (Phi) is 4.59. The fraction of sp³-hybridized carbons (Fsp3) is 0.583. The van der Waals surface area contributed by atoms with E-state index in [-0.39, 0.29) is 12.7 Å². The van der Waals surface area contributed by atoms with E-state index >= 15 is 0 Å². The van der Waals surface area contributed by atoms with Gasteiger partial charge in [-0.25, -0.2) is 4.98 Å². The average molecular weight is 258 g/mol. The Morgan fingerprint density at radius 2 is 2.41 bits per heavy atom. The summed E-state index contributed by atoms with van der Waals surface area (Å²) < 4.78 is 11.1. The van der Waals surface area contributed by atoms with Gasteiger partial charge in [0, 0.05) is 24.4 Å². The van der Waals surface area contributed by atoms with Crippen molar-refractivity contribution >= 4 is 11.6 Å². The van der Waals surface area contributed by atoms with Crippen LogP contribution in [0.25, 0.3) is 0 Å². The maximum atomic E-state index is 9.07. The molecule has 1 atom stereocenters. The van der Waals surface area contributed by atoms with Crippen LogP contribution in [0.5, 0.6) is 5.88 Å². The minimum Gasteiger partial charge on any atom is -0.475 e. The molecule has 0 bridgehead atoms. The molecule has 0 aliphatic carbocycles. The van der Waals surface area contributed by atoms with E-state index in [1.807, 2.05) is 0 Å². The second kappa shape index (κ2) is 6.19. The van der Waals surface area contributed by atoms with Crippen molar-refractivity contribution in [2.24, 2.45) is 0 Å². The zero-order valence-electron chi connectivity index (χ0n) is 9.56. The third-order valence-electron chi connectivity index (χ3n) is 2.77. The van der Waals surface area contributed by atoms with Gasteiger partial charge >= 0.3 is 0 Å². The van der Waals surface area contributed by atoms with Gasteiger partial charge in [0.25, 0.3) is 0 Å². The lowest BCUT2D eigenvalue weighted by Gasteiger charge is -2.22. The maximum Gasteiger partial charge on any atom is 0.213 e. The molecule has 4 nitrogen and oxygen atoms in total. The summed E-state index contributed by atoms with van der Waals surface area (Å²) in [6.07, 6.45) is 4.98. The molecule has 1 aliphatic heterocycles. The summed E-state index contributed by atoms with van der Waals surface area (Å²) in [5.41, 5.74) is 0.626. The number of ether oxygens (including phenoxy) is 2. The zero-order valence-corrected chi connectivity index (χ0v) is 10.3. The van der Waals surface area contributed by atoms with Crippen molar-refractivity contribution < 1.29 is 14.6 Å². The van der Waals surface area contributed by atoms with Crippen molar-refractivity contribution in [2.45, 2.75) is 32.0 Å². The molecule has 0 aromatic carbocycles. The SMILES string of the molecule is OCc1cc(OCC2CCCCO2)ncc1Cl. The average Bonchev–Trinajstić information content (AvgIpc) is 2.39. The molecule has 2 heterocycles. The predicted octanol–water partition coefficient (Wildman–Crippen LogP) is 2.18. The van der Waals surface area contributed by atoms with Crippen molar-refractivity contribution in [1.82, 2.24) is 4.98 Å². The summed E-state index contributed by atoms with van der Waals surface area (Å²) in [6.45, 7) is 1.20. The zero-order chi connectivity index (χ0) is 12.1. The molecule has 17 heavy (non-hydrogen) atoms. The summed E-state index contributed by atoms with van der Waals surface area (Å²) in [7, 11) is 0. The molecule has 1 saturated heterocycles. The van der Waals surface area contributed by atoms with E-state index < -0.39 is 0 Å². The lowest BCUT2D eigenvalue weighted by atomic mass is 10.1. The van der Waals surface area contributed by atoms with Crippen molar-refractivity contribution in [3.8, 4) is 5.88 Å². The van der Waals surface area contributed by atoms with Gasteiger partial charge in [-0.3, -0.25) is 0 Å². The molecule has 1 N–H and O–H groups in total. The van der Waals surface area contributed by atoms with E-state index in [9.17, 15) is 0 Å². The molecule has 2 rings (SSSR count). The fourth-order valence-electron chi connectivity index (χ4n) is 1.78. The van der Waals surface area contributed by atoms with E-state index in [1.165, 1.54) is 12.6 Å². The molecule has 0 radical (unpaired) electrons. The number of pyridine rings is 1. The third-order valence-corrected chi connectivity index (χ3v) is 3.11. The highest BCUT2D eigenvalue weighted by molar-refractivity contribution is 6.31. The molecule has 94 valence electrons. The van der Waals surface area contributed by atoms with Crippen LogP contribution in [0.3, 0.4) is 0 Å². The van der Waals surface area contributed by atoms with E-state index in [0.717, 1.165) is 19.4 Å². The third kappa shape index (κ3) is 3.56. The first-order valence-corrected chi connectivity index (χ1v) is 6.17. The summed E-state index contributed by atoms with van der Waals surface area (Å²) in [5.74, 6) is 0.479. The molecule has 1 aromatic heterocycles. The maximum absolute atomic E-state index is 9.07. The van der Waals surface area contributed by atoms with Gasteiger partial charge < -0.3 is 14.6 Å². The predicted molar refractivity (Wildman–Crippen MR) is 64.3 cm³/mol. The second-order valence-electron chi connectivity index (χ2n) is 4.07. The van der Waals surface area contributed by atoms with Crippen LogP contribution >= 0.6 is 11.6 Å². The first-order valence-electron chi connectivity index (χ1n) is 5.79. The highest BCUT2D eigenvalue weighted by Gasteiger charge is 2.14. The van der Waals surface area contributed by atoms with Crippen LogP contribution in [0.1, 0.15) is 24.8 Å². The molecule has 0 spiro atoms. The lowest BCUT2D eigenvalue weighted by Crippen LogP contribution is -2.26. The van der Waals surface area contributed by atoms with Gasteiger partial charge in [-0.05, 0) is 19.3 Å². The van der Waals surface area contributed by atoms with Crippen LogP contribution in [0.15, 0.2) is 12.3 Å². The van der Waals surface area contributed by atoms with E-state index in [2.05, 4.69) is 4.98 Å². The van der Waals surface area contributed by atoms with Crippen molar-refractivity contribution in [2.75, 3.05) is 13.2 Å². The Morgan fingerprint density at radius 1 is 1.53 bits per heavy atom. The second-order valence-corrected chi connectivity index (χ2v) is 4.48. The normalized spacial score (nSPS) is 20.2. The molecule has 1 aliphatic rings. The number of aromatic nitrogens is 1. The van der Waals surface area contributed by atoms with Crippen LogP contribution in [0.2, 0.25) is 5.02 Å². The van der Waals surface area contributed by atoms with Gasteiger partial charge in [0.2, 0.25) is 5.88 Å². The smallest absolute Gasteiger partial charge is 0.213 e. The Morgan fingerprint density at radius 3 is 3.12 bits per heavy atom. The highest BCUT2D eigenvalue weighted by atomic mass is 35.5. The summed E-state index contributed by atoms with van der Waals surface area (Å²) in [6, 6.07) is 1.66. The summed E-state index contributed by atoms with van der Waals surface area (Å²) in [5, 5.41) is 9.52. The van der Waals surface area contributed by atoms with Gasteiger partial charge in [-0.1, -0.05) is 11.6 Å². The quantitative estimate of drug-likeness (QED) is 0.898. The number of rotatable bonds is 4. The molecule has 1 aromatic rings. The number of hydrogen-bond donors (Lipinski definition) is 1. The van der Waals surface area contributed by atoms with Gasteiger partial charge in [0.1, 0.15) is 6.61 Å². The van der Waals surface area contributed by atoms with E-state index in [1.54, 1.807) is 6.07 Å². The number of nitrogens with zero attached hydrogens (tertiary/aromatic N) is 1. The molecule has 1 unspecified atom stereocenters. The minimum atomic E-state index is -0.113. The van der Waals surface area contributed by atoms with Crippen molar-refractivity contribution in [3.63, 3.8) is 0 Å². The number of aliphatic hydroxyl groups is 1. The Balaban J connectivity index is 1.89. The molecule has 0 amide bonds. The molecular weight excluding hydrogens is 242 g/mol. The highest BCUT2D eigenvalue weighted by Crippen LogP contribution is 2.20. The molecular formula is C12H16ClNO3. The fourth-order valence-corrected chi connectivity index (χ4v) is 1.94. The van der Waals surface area contributed by atoms with Gasteiger partial charge in [-0.15, -0.1) is 0 Å². The minimum absolute atomic E-state index is 0.113. The lowest BCUT2D eigenvalue weighted by molar-refractivity contribution is -0.0119. The monoisotopic (exact) mass is 257 g/mol. The van der Waals surface area contributed by atoms with Crippen LogP contribution in [-0.2, 0) is 11.3 Å². The standard InChI is InChI=1S/C12H16ClNO3/c13-11-6-14-12(5-9(11)7-15)17-8-10-3-1-2-4-16-10/h5-6,10,15H,1-4,7-8H2. The summed E-state index contributed by atoms with van der Waals surface area (Å²) in [4.78, 5) is 4.05. The van der Waals surface area contributed by atoms with Crippen LogP contribution in [0.4, 0.5) is 0 Å². The van der Waals surface area contributed by atoms with Crippen molar-refractivity contribution in [1.29, 1.82) is 0 Å². The van der Waals surface area contributed by atoms with Crippen LogP contribution in [-0.4, -0.2) is 29.4 Å². The first kappa shape index (κ1) is 12.6. The van der Waals surface area contributed by atoms with E-state index in [4.69, 9.17) is 26.2 Å². The van der Waals surface area contributed by atoms with Crippen LogP contribution < -0.4 is 4.74 Å². The van der Waals surface area contributed by atoms with Crippen LogP contribution in [0, 0.1) is 0 Å². The number of halogens is 1. The number of aliphatic hydroxyl groups excluding tert-OH is 1. The first-order chi connectivity index (χ1) is 8.29. The molecule has 1 fully saturated rings. The summed E-state index contributed by atoms with van der Waals surface area (Å²) >= 11 is 5.84. The largest absolute Gasteiger partial charge is 0.475 e. The Bertz CT molecular complexity index is 367. The molecule has 5 heteroatoms. The Hall–Kier alpha value is -0.840.